The molecule has 0 radical (unpaired) electrons. The summed E-state index contributed by atoms with van der Waals surface area (Å²) in [6, 6.07) is 18.0. The van der Waals surface area contributed by atoms with E-state index in [0.29, 0.717) is 10.9 Å². The van der Waals surface area contributed by atoms with Gasteiger partial charge in [0.05, 0.1) is 13.0 Å². The summed E-state index contributed by atoms with van der Waals surface area (Å²) in [4.78, 5) is 29.4. The third kappa shape index (κ3) is 7.33. The Balaban J connectivity index is 1.59. The minimum absolute atomic E-state index is 0.138. The number of aromatic nitrogens is 2. The van der Waals surface area contributed by atoms with Crippen LogP contribution in [0.1, 0.15) is 44.7 Å². The van der Waals surface area contributed by atoms with E-state index < -0.39 is 35.8 Å². The van der Waals surface area contributed by atoms with Crippen molar-refractivity contribution in [2.45, 2.75) is 39.3 Å². The Bertz CT molecular complexity index is 1140. The van der Waals surface area contributed by atoms with Crippen molar-refractivity contribution >= 4 is 17.9 Å². The number of aliphatic hydroxyl groups is 1. The monoisotopic (exact) mass is 478 g/mol. The average molecular weight is 479 g/mol. The molecule has 9 heteroatoms. The van der Waals surface area contributed by atoms with Crippen LogP contribution in [-0.4, -0.2) is 50.0 Å². The van der Waals surface area contributed by atoms with E-state index in [4.69, 9.17) is 4.52 Å². The number of rotatable bonds is 9. The highest BCUT2D eigenvalue weighted by Gasteiger charge is 2.34. The summed E-state index contributed by atoms with van der Waals surface area (Å²) in [5.41, 5.74) is 1.17. The maximum atomic E-state index is 12.7. The predicted molar refractivity (Wildman–Crippen MR) is 130 cm³/mol. The van der Waals surface area contributed by atoms with E-state index in [1.165, 1.54) is 0 Å². The van der Waals surface area contributed by atoms with Crippen LogP contribution in [0.2, 0.25) is 0 Å². The SMILES string of the molecule is CC(C)(C)[C@H](NC(=O)C[C@H](O)C(=O)N(O)CC=Cc1ccccc1)c1nc(-c2ccccc2)no1. The molecule has 0 bridgehead atoms. The van der Waals surface area contributed by atoms with Gasteiger partial charge in [-0.3, -0.25) is 14.8 Å². The van der Waals surface area contributed by atoms with Crippen molar-refractivity contribution in [3.8, 4) is 11.4 Å². The van der Waals surface area contributed by atoms with Crippen molar-refractivity contribution in [1.82, 2.24) is 20.5 Å². The fourth-order valence-electron chi connectivity index (χ4n) is 3.30. The summed E-state index contributed by atoms with van der Waals surface area (Å²) in [5, 5.41) is 27.4. The molecule has 2 atom stereocenters. The van der Waals surface area contributed by atoms with E-state index in [9.17, 15) is 19.9 Å². The molecule has 3 rings (SSSR count). The van der Waals surface area contributed by atoms with Crippen LogP contribution in [-0.2, 0) is 9.59 Å². The number of carbonyl (C=O) groups excluding carboxylic acids is 2. The van der Waals surface area contributed by atoms with Crippen molar-refractivity contribution in [3.63, 3.8) is 0 Å². The van der Waals surface area contributed by atoms with Gasteiger partial charge in [-0.25, -0.2) is 5.06 Å². The molecule has 0 unspecified atom stereocenters. The molecule has 1 aromatic heterocycles. The first-order valence-corrected chi connectivity index (χ1v) is 11.2. The second-order valence-electron chi connectivity index (χ2n) is 9.14. The van der Waals surface area contributed by atoms with Gasteiger partial charge in [-0.15, -0.1) is 0 Å². The third-order valence-electron chi connectivity index (χ3n) is 5.20. The number of nitrogens with one attached hydrogen (secondary N) is 1. The predicted octanol–water partition coefficient (Wildman–Crippen LogP) is 3.62. The van der Waals surface area contributed by atoms with Gasteiger partial charge in [-0.05, 0) is 11.0 Å². The number of amides is 2. The second kappa shape index (κ2) is 11.5. The maximum Gasteiger partial charge on any atom is 0.275 e. The van der Waals surface area contributed by atoms with Crippen LogP contribution >= 0.6 is 0 Å². The summed E-state index contributed by atoms with van der Waals surface area (Å²) in [6.45, 7) is 5.53. The molecule has 35 heavy (non-hydrogen) atoms. The number of nitrogens with zero attached hydrogens (tertiary/aromatic N) is 3. The van der Waals surface area contributed by atoms with Crippen LogP contribution in [0.5, 0.6) is 0 Å². The molecule has 9 nitrogen and oxygen atoms in total. The van der Waals surface area contributed by atoms with Gasteiger partial charge in [0.25, 0.3) is 5.91 Å². The molecule has 3 N–H and O–H groups in total. The summed E-state index contributed by atoms with van der Waals surface area (Å²) < 4.78 is 5.42. The van der Waals surface area contributed by atoms with E-state index in [1.807, 2.05) is 81.4 Å². The number of hydrogen-bond acceptors (Lipinski definition) is 7. The van der Waals surface area contributed by atoms with Crippen LogP contribution in [0, 0.1) is 5.41 Å². The van der Waals surface area contributed by atoms with E-state index in [2.05, 4.69) is 15.5 Å². The average Bonchev–Trinajstić information content (AvgIpc) is 3.32. The quantitative estimate of drug-likeness (QED) is 0.316. The second-order valence-corrected chi connectivity index (χ2v) is 9.14. The lowest BCUT2D eigenvalue weighted by atomic mass is 9.86. The molecule has 0 saturated heterocycles. The molecule has 0 aliphatic carbocycles. The zero-order chi connectivity index (χ0) is 25.4. The third-order valence-corrected chi connectivity index (χ3v) is 5.20. The van der Waals surface area contributed by atoms with Gasteiger partial charge in [0.1, 0.15) is 12.1 Å². The van der Waals surface area contributed by atoms with Gasteiger partial charge in [0.15, 0.2) is 0 Å². The van der Waals surface area contributed by atoms with Gasteiger partial charge >= 0.3 is 0 Å². The van der Waals surface area contributed by atoms with Gasteiger partial charge < -0.3 is 14.9 Å². The maximum absolute atomic E-state index is 12.7. The van der Waals surface area contributed by atoms with Gasteiger partial charge in [-0.1, -0.05) is 98.7 Å². The zero-order valence-electron chi connectivity index (χ0n) is 20.0. The highest BCUT2D eigenvalue weighted by molar-refractivity contribution is 5.87. The molecular weight excluding hydrogens is 448 g/mol. The summed E-state index contributed by atoms with van der Waals surface area (Å²) >= 11 is 0. The van der Waals surface area contributed by atoms with E-state index in [-0.39, 0.29) is 12.4 Å². The van der Waals surface area contributed by atoms with Crippen molar-refractivity contribution in [2.24, 2.45) is 5.41 Å². The summed E-state index contributed by atoms with van der Waals surface area (Å²) in [6.07, 6.45) is 1.06. The lowest BCUT2D eigenvalue weighted by molar-refractivity contribution is -0.173. The van der Waals surface area contributed by atoms with Crippen LogP contribution in [0.4, 0.5) is 0 Å². The molecule has 0 spiro atoms. The van der Waals surface area contributed by atoms with Crippen molar-refractivity contribution in [2.75, 3.05) is 6.54 Å². The summed E-state index contributed by atoms with van der Waals surface area (Å²) in [5.74, 6) is -0.980. The largest absolute Gasteiger partial charge is 0.383 e. The normalized spacial score (nSPS) is 13.4. The molecule has 0 aliphatic heterocycles. The standard InChI is InChI=1S/C26H30N4O5/c1-26(2,3)22(24-28-23(29-35-24)19-14-8-5-9-15-19)27-21(32)17-20(31)25(33)30(34)16-10-13-18-11-6-4-7-12-18/h4-15,20,22,31,34H,16-17H2,1-3H3,(H,27,32)/t20-,22+/m0/s1. The minimum atomic E-state index is -1.71. The Kier molecular flexibility index (Phi) is 8.51. The fourth-order valence-corrected chi connectivity index (χ4v) is 3.30. The Morgan fingerprint density at radius 2 is 1.71 bits per heavy atom. The smallest absolute Gasteiger partial charge is 0.275 e. The van der Waals surface area contributed by atoms with E-state index in [1.54, 1.807) is 12.2 Å². The van der Waals surface area contributed by atoms with Crippen LogP contribution in [0.25, 0.3) is 17.5 Å². The Morgan fingerprint density at radius 1 is 1.09 bits per heavy atom. The molecule has 0 saturated carbocycles. The number of hydroxylamine groups is 2. The molecule has 1 heterocycles. The first-order chi connectivity index (χ1) is 16.6. The van der Waals surface area contributed by atoms with Crippen molar-refractivity contribution in [3.05, 3.63) is 78.2 Å². The highest BCUT2D eigenvalue weighted by atomic mass is 16.5. The van der Waals surface area contributed by atoms with Gasteiger partial charge in [0.2, 0.25) is 17.6 Å². The van der Waals surface area contributed by atoms with Gasteiger partial charge in [-0.2, -0.15) is 4.98 Å². The van der Waals surface area contributed by atoms with Crippen molar-refractivity contribution < 1.29 is 24.4 Å². The molecule has 2 amide bonds. The lowest BCUT2D eigenvalue weighted by Crippen LogP contribution is -2.42. The van der Waals surface area contributed by atoms with Gasteiger partial charge in [0, 0.05) is 5.56 Å². The van der Waals surface area contributed by atoms with Crippen LogP contribution in [0.3, 0.4) is 0 Å². The number of carbonyl (C=O) groups is 2. The van der Waals surface area contributed by atoms with Crippen LogP contribution < -0.4 is 5.32 Å². The first-order valence-electron chi connectivity index (χ1n) is 11.2. The highest BCUT2D eigenvalue weighted by Crippen LogP contribution is 2.33. The zero-order valence-corrected chi connectivity index (χ0v) is 20.0. The summed E-state index contributed by atoms with van der Waals surface area (Å²) in [7, 11) is 0. The lowest BCUT2D eigenvalue weighted by Gasteiger charge is -2.28. The number of hydrogen-bond donors (Lipinski definition) is 3. The van der Waals surface area contributed by atoms with Crippen LogP contribution in [0.15, 0.2) is 71.3 Å². The molecule has 3 aromatic rings. The Hall–Kier alpha value is -3.82. The Labute approximate surface area is 204 Å². The first kappa shape index (κ1) is 25.8. The minimum Gasteiger partial charge on any atom is -0.383 e. The van der Waals surface area contributed by atoms with E-state index in [0.717, 1.165) is 11.1 Å². The van der Waals surface area contributed by atoms with E-state index >= 15 is 0 Å². The fraction of sp³-hybridized carbons (Fsp3) is 0.308. The molecule has 0 aliphatic rings. The Morgan fingerprint density at radius 3 is 2.34 bits per heavy atom. The molecule has 2 aromatic carbocycles. The molecule has 0 fully saturated rings. The van der Waals surface area contributed by atoms with Crippen molar-refractivity contribution in [1.29, 1.82) is 0 Å². The molecular formula is C26H30N4O5. The topological polar surface area (TPSA) is 129 Å². The number of aliphatic hydroxyl groups excluding tert-OH is 1. The number of benzene rings is 2. The molecule has 184 valence electrons.